The zero-order chi connectivity index (χ0) is 22.7. The molecule has 4 rings (SSSR count). The van der Waals surface area contributed by atoms with E-state index in [4.69, 9.17) is 35.0 Å². The number of carbonyl (C=O) groups is 1. The molecule has 0 unspecified atom stereocenters. The second-order valence-electron chi connectivity index (χ2n) is 7.39. The molecule has 0 radical (unpaired) electrons. The molecule has 32 heavy (non-hydrogen) atoms. The van der Waals surface area contributed by atoms with Crippen LogP contribution in [-0.4, -0.2) is 66.9 Å². The number of rotatable bonds is 6. The van der Waals surface area contributed by atoms with Crippen LogP contribution in [0.15, 0.2) is 21.3 Å². The van der Waals surface area contributed by atoms with E-state index < -0.39 is 11.5 Å². The molecule has 1 spiro atoms. The predicted octanol–water partition coefficient (Wildman–Crippen LogP) is 2.04. The molecule has 10 nitrogen and oxygen atoms in total. The van der Waals surface area contributed by atoms with Gasteiger partial charge in [-0.3, -0.25) is 4.79 Å². The van der Waals surface area contributed by atoms with Crippen molar-refractivity contribution in [3.8, 4) is 11.5 Å². The fourth-order valence-electron chi connectivity index (χ4n) is 3.79. The average molecular weight is 466 g/mol. The van der Waals surface area contributed by atoms with E-state index in [1.165, 1.54) is 20.3 Å². The minimum atomic E-state index is -0.715. The largest absolute Gasteiger partial charge is 0.493 e. The van der Waals surface area contributed by atoms with Crippen LogP contribution in [0.5, 0.6) is 11.5 Å². The van der Waals surface area contributed by atoms with Crippen LogP contribution < -0.4 is 15.2 Å². The fourth-order valence-corrected chi connectivity index (χ4v) is 4.09. The van der Waals surface area contributed by atoms with Crippen molar-refractivity contribution in [2.75, 3.05) is 40.5 Å². The van der Waals surface area contributed by atoms with Crippen LogP contribution in [0.4, 0.5) is 0 Å². The standard InChI is InChI=1S/C21H24ClN3O7/c1-28-15-5-3-14(18(22)19(15)29-2)4-6-16-23-25(20(27)32-16)13-17(26)24-9-7-21(8-10-24)30-11-12-31-21/h3-6H,7-13H2,1-2H3. The fraction of sp³-hybridized carbons (Fsp3) is 0.476. The Morgan fingerprint density at radius 3 is 2.56 bits per heavy atom. The normalized spacial score (nSPS) is 17.9. The van der Waals surface area contributed by atoms with Gasteiger partial charge in [-0.15, -0.1) is 5.10 Å². The minimum absolute atomic E-state index is 0.0546. The Morgan fingerprint density at radius 2 is 1.91 bits per heavy atom. The Hall–Kier alpha value is -2.82. The summed E-state index contributed by atoms with van der Waals surface area (Å²) >= 11 is 6.35. The van der Waals surface area contributed by atoms with Gasteiger partial charge in [0.2, 0.25) is 11.8 Å². The van der Waals surface area contributed by atoms with E-state index in [1.807, 2.05) is 0 Å². The number of amides is 1. The lowest BCUT2D eigenvalue weighted by molar-refractivity contribution is -0.187. The molecule has 0 N–H and O–H groups in total. The zero-order valence-electron chi connectivity index (χ0n) is 17.8. The first kappa shape index (κ1) is 22.4. The number of methoxy groups -OCH3 is 2. The van der Waals surface area contributed by atoms with E-state index in [9.17, 15) is 9.59 Å². The third kappa shape index (κ3) is 4.52. The van der Waals surface area contributed by atoms with Gasteiger partial charge in [0.05, 0.1) is 32.5 Å². The summed E-state index contributed by atoms with van der Waals surface area (Å²) < 4.78 is 28.0. The van der Waals surface area contributed by atoms with E-state index in [-0.39, 0.29) is 18.3 Å². The van der Waals surface area contributed by atoms with E-state index in [2.05, 4.69) is 5.10 Å². The van der Waals surface area contributed by atoms with Crippen molar-refractivity contribution in [2.24, 2.45) is 0 Å². The van der Waals surface area contributed by atoms with Crippen LogP contribution in [-0.2, 0) is 20.8 Å². The van der Waals surface area contributed by atoms with Gasteiger partial charge in [0.1, 0.15) is 6.54 Å². The average Bonchev–Trinajstić information content (AvgIpc) is 3.39. The van der Waals surface area contributed by atoms with E-state index in [0.29, 0.717) is 61.2 Å². The van der Waals surface area contributed by atoms with Gasteiger partial charge >= 0.3 is 5.76 Å². The SMILES string of the molecule is COc1ccc(C=Cc2nn(CC(=O)N3CCC4(CC3)OCCO4)c(=O)o2)c(Cl)c1OC. The summed E-state index contributed by atoms with van der Waals surface area (Å²) in [6.07, 6.45) is 4.33. The van der Waals surface area contributed by atoms with Crippen LogP contribution in [0.3, 0.4) is 0 Å². The number of likely N-dealkylation sites (tertiary alicyclic amines) is 1. The number of benzene rings is 1. The van der Waals surface area contributed by atoms with Gasteiger partial charge in [0, 0.05) is 32.0 Å². The van der Waals surface area contributed by atoms with Crippen LogP contribution in [0.25, 0.3) is 12.2 Å². The first-order valence-electron chi connectivity index (χ1n) is 10.2. The van der Waals surface area contributed by atoms with E-state index >= 15 is 0 Å². The lowest BCUT2D eigenvalue weighted by atomic mass is 10.0. The second kappa shape index (κ2) is 9.35. The maximum atomic E-state index is 12.6. The number of hydrogen-bond acceptors (Lipinski definition) is 8. The van der Waals surface area contributed by atoms with Gasteiger partial charge in [-0.05, 0) is 23.8 Å². The highest BCUT2D eigenvalue weighted by Gasteiger charge is 2.40. The second-order valence-corrected chi connectivity index (χ2v) is 7.77. The molecule has 2 aliphatic heterocycles. The molecule has 1 aromatic heterocycles. The molecular weight excluding hydrogens is 442 g/mol. The Labute approximate surface area is 189 Å². The van der Waals surface area contributed by atoms with Crippen molar-refractivity contribution in [1.29, 1.82) is 0 Å². The van der Waals surface area contributed by atoms with E-state index in [0.717, 1.165) is 4.68 Å². The number of carbonyl (C=O) groups excluding carboxylic acids is 1. The third-order valence-electron chi connectivity index (χ3n) is 5.52. The van der Waals surface area contributed by atoms with Crippen LogP contribution in [0, 0.1) is 0 Å². The molecule has 0 atom stereocenters. The van der Waals surface area contributed by atoms with Crippen LogP contribution >= 0.6 is 11.6 Å². The predicted molar refractivity (Wildman–Crippen MR) is 115 cm³/mol. The van der Waals surface area contributed by atoms with Gasteiger partial charge in [-0.25, -0.2) is 4.79 Å². The molecule has 2 saturated heterocycles. The Bertz CT molecular complexity index is 1060. The number of hydrogen-bond donors (Lipinski definition) is 0. The molecule has 2 fully saturated rings. The summed E-state index contributed by atoms with van der Waals surface area (Å²) in [5.74, 6) is -0.549. The summed E-state index contributed by atoms with van der Waals surface area (Å²) in [6, 6.07) is 3.45. The molecule has 1 amide bonds. The van der Waals surface area contributed by atoms with Crippen molar-refractivity contribution in [3.05, 3.63) is 39.2 Å². The molecule has 0 bridgehead atoms. The number of piperidine rings is 1. The molecule has 2 aromatic rings. The third-order valence-corrected chi connectivity index (χ3v) is 5.91. The molecule has 0 saturated carbocycles. The summed E-state index contributed by atoms with van der Waals surface area (Å²) in [4.78, 5) is 26.5. The molecule has 2 aliphatic rings. The van der Waals surface area contributed by atoms with Crippen LogP contribution in [0.1, 0.15) is 24.3 Å². The van der Waals surface area contributed by atoms with Gasteiger partial charge < -0.3 is 28.3 Å². The lowest BCUT2D eigenvalue weighted by Crippen LogP contribution is -2.48. The summed E-state index contributed by atoms with van der Waals surface area (Å²) in [5.41, 5.74) is 0.621. The first-order valence-corrected chi connectivity index (χ1v) is 10.5. The number of aromatic nitrogens is 2. The van der Waals surface area contributed by atoms with Crippen LogP contribution in [0.2, 0.25) is 5.02 Å². The Balaban J connectivity index is 1.41. The summed E-state index contributed by atoms with van der Waals surface area (Å²) in [5, 5.41) is 4.44. The highest BCUT2D eigenvalue weighted by Crippen LogP contribution is 2.38. The van der Waals surface area contributed by atoms with Gasteiger partial charge in [0.15, 0.2) is 17.3 Å². The maximum absolute atomic E-state index is 12.6. The monoisotopic (exact) mass is 465 g/mol. The molecule has 172 valence electrons. The lowest BCUT2D eigenvalue weighted by Gasteiger charge is -2.37. The molecular formula is C21H24ClN3O7. The Morgan fingerprint density at radius 1 is 1.19 bits per heavy atom. The van der Waals surface area contributed by atoms with Gasteiger partial charge in [0.25, 0.3) is 0 Å². The van der Waals surface area contributed by atoms with Crippen molar-refractivity contribution in [3.63, 3.8) is 0 Å². The molecule has 11 heteroatoms. The topological polar surface area (TPSA) is 105 Å². The highest BCUT2D eigenvalue weighted by atomic mass is 35.5. The summed E-state index contributed by atoms with van der Waals surface area (Å²) in [6.45, 7) is 1.94. The Kier molecular flexibility index (Phi) is 6.54. The number of ether oxygens (including phenoxy) is 4. The van der Waals surface area contributed by atoms with Crippen molar-refractivity contribution < 1.29 is 28.2 Å². The van der Waals surface area contributed by atoms with Crippen molar-refractivity contribution >= 4 is 29.7 Å². The highest BCUT2D eigenvalue weighted by molar-refractivity contribution is 6.33. The van der Waals surface area contributed by atoms with Crippen molar-refractivity contribution in [2.45, 2.75) is 25.2 Å². The van der Waals surface area contributed by atoms with Crippen molar-refractivity contribution in [1.82, 2.24) is 14.7 Å². The minimum Gasteiger partial charge on any atom is -0.493 e. The van der Waals surface area contributed by atoms with Gasteiger partial charge in [-0.2, -0.15) is 4.68 Å². The van der Waals surface area contributed by atoms with E-state index in [1.54, 1.807) is 23.1 Å². The number of halogens is 1. The smallest absolute Gasteiger partial charge is 0.437 e. The molecule has 1 aromatic carbocycles. The van der Waals surface area contributed by atoms with Gasteiger partial charge in [-0.1, -0.05) is 11.6 Å². The quantitative estimate of drug-likeness (QED) is 0.638. The summed E-state index contributed by atoms with van der Waals surface area (Å²) in [7, 11) is 3.01. The maximum Gasteiger partial charge on any atom is 0.437 e. The number of nitrogens with zero attached hydrogens (tertiary/aromatic N) is 3. The zero-order valence-corrected chi connectivity index (χ0v) is 18.6. The first-order chi connectivity index (χ1) is 15.4. The molecule has 3 heterocycles. The molecule has 0 aliphatic carbocycles.